The van der Waals surface area contributed by atoms with Gasteiger partial charge < -0.3 is 16.0 Å². The lowest BCUT2D eigenvalue weighted by Crippen LogP contribution is -2.40. The number of aryl methyl sites for hydroxylation is 1. The van der Waals surface area contributed by atoms with Crippen LogP contribution in [0.2, 0.25) is 0 Å². The van der Waals surface area contributed by atoms with Gasteiger partial charge in [-0.2, -0.15) is 0 Å². The molecule has 2 aromatic rings. The summed E-state index contributed by atoms with van der Waals surface area (Å²) >= 11 is 0. The highest BCUT2D eigenvalue weighted by Gasteiger charge is 2.19. The third-order valence-electron chi connectivity index (χ3n) is 3.72. The van der Waals surface area contributed by atoms with Crippen molar-refractivity contribution in [1.29, 1.82) is 0 Å². The highest BCUT2D eigenvalue weighted by Crippen LogP contribution is 2.20. The molecule has 0 aliphatic carbocycles. The van der Waals surface area contributed by atoms with Crippen molar-refractivity contribution < 1.29 is 14.4 Å². The van der Waals surface area contributed by atoms with Gasteiger partial charge in [0.05, 0.1) is 11.3 Å². The predicted molar refractivity (Wildman–Crippen MR) is 107 cm³/mol. The summed E-state index contributed by atoms with van der Waals surface area (Å²) in [5, 5.41) is 8.37. The molecule has 0 radical (unpaired) electrons. The Balaban J connectivity index is 2.26. The highest BCUT2D eigenvalue weighted by atomic mass is 16.2. The largest absolute Gasteiger partial charge is 0.347 e. The van der Waals surface area contributed by atoms with Gasteiger partial charge in [0.2, 0.25) is 5.91 Å². The number of carbonyl (C=O) groups is 3. The first-order chi connectivity index (χ1) is 12.6. The SMILES string of the molecule is CC(=O)Nc1cc(C(=O)Nc2ccccc2C(=O)NC(C)(C)C)ccc1C. The van der Waals surface area contributed by atoms with E-state index in [2.05, 4.69) is 16.0 Å². The molecule has 2 rings (SSSR count). The molecule has 0 aromatic heterocycles. The summed E-state index contributed by atoms with van der Waals surface area (Å²) in [7, 11) is 0. The smallest absolute Gasteiger partial charge is 0.255 e. The van der Waals surface area contributed by atoms with Crippen LogP contribution >= 0.6 is 0 Å². The summed E-state index contributed by atoms with van der Waals surface area (Å²) < 4.78 is 0. The van der Waals surface area contributed by atoms with Gasteiger partial charge in [-0.25, -0.2) is 0 Å². The number of hydrogen-bond acceptors (Lipinski definition) is 3. The summed E-state index contributed by atoms with van der Waals surface area (Å²) in [6.45, 7) is 8.93. The van der Waals surface area contributed by atoms with Gasteiger partial charge in [0.25, 0.3) is 11.8 Å². The lowest BCUT2D eigenvalue weighted by atomic mass is 10.1. The first-order valence-corrected chi connectivity index (χ1v) is 8.68. The molecule has 142 valence electrons. The first-order valence-electron chi connectivity index (χ1n) is 8.68. The van der Waals surface area contributed by atoms with Crippen molar-refractivity contribution in [2.45, 2.75) is 40.2 Å². The normalized spacial score (nSPS) is 10.9. The summed E-state index contributed by atoms with van der Waals surface area (Å²) in [6.07, 6.45) is 0. The van der Waals surface area contributed by atoms with Crippen molar-refractivity contribution in [3.05, 3.63) is 59.2 Å². The third kappa shape index (κ3) is 5.67. The molecule has 27 heavy (non-hydrogen) atoms. The van der Waals surface area contributed by atoms with E-state index >= 15 is 0 Å². The Labute approximate surface area is 159 Å². The van der Waals surface area contributed by atoms with Crippen LogP contribution in [0.3, 0.4) is 0 Å². The minimum Gasteiger partial charge on any atom is -0.347 e. The fourth-order valence-electron chi connectivity index (χ4n) is 2.48. The summed E-state index contributed by atoms with van der Waals surface area (Å²) in [5.41, 5.74) is 2.23. The maximum atomic E-state index is 12.7. The molecule has 0 aliphatic heterocycles. The minimum absolute atomic E-state index is 0.208. The predicted octanol–water partition coefficient (Wildman–Crippen LogP) is 3.73. The Morgan fingerprint density at radius 1 is 0.852 bits per heavy atom. The Hall–Kier alpha value is -3.15. The molecule has 2 aromatic carbocycles. The second kappa shape index (κ2) is 8.03. The van der Waals surface area contributed by atoms with Gasteiger partial charge in [0.15, 0.2) is 0 Å². The average molecular weight is 367 g/mol. The molecule has 0 fully saturated rings. The maximum Gasteiger partial charge on any atom is 0.255 e. The van der Waals surface area contributed by atoms with Crippen molar-refractivity contribution in [3.63, 3.8) is 0 Å². The van der Waals surface area contributed by atoms with E-state index in [1.165, 1.54) is 6.92 Å². The molecule has 6 heteroatoms. The zero-order valence-corrected chi connectivity index (χ0v) is 16.3. The van der Waals surface area contributed by atoms with Crippen molar-refractivity contribution in [2.24, 2.45) is 0 Å². The van der Waals surface area contributed by atoms with E-state index in [9.17, 15) is 14.4 Å². The van der Waals surface area contributed by atoms with Gasteiger partial charge in [0, 0.05) is 23.7 Å². The van der Waals surface area contributed by atoms with Crippen molar-refractivity contribution >= 4 is 29.1 Å². The number of amides is 3. The Bertz CT molecular complexity index is 882. The van der Waals surface area contributed by atoms with E-state index in [1.807, 2.05) is 27.7 Å². The van der Waals surface area contributed by atoms with Crippen LogP contribution in [0.4, 0.5) is 11.4 Å². The van der Waals surface area contributed by atoms with Gasteiger partial charge in [-0.05, 0) is 57.5 Å². The third-order valence-corrected chi connectivity index (χ3v) is 3.72. The van der Waals surface area contributed by atoms with Crippen LogP contribution in [0.25, 0.3) is 0 Å². The summed E-state index contributed by atoms with van der Waals surface area (Å²) in [6, 6.07) is 11.9. The molecule has 0 bridgehead atoms. The quantitative estimate of drug-likeness (QED) is 0.769. The monoisotopic (exact) mass is 367 g/mol. The zero-order valence-electron chi connectivity index (χ0n) is 16.3. The molecule has 0 unspecified atom stereocenters. The molecular formula is C21H25N3O3. The standard InChI is InChI=1S/C21H25N3O3/c1-13-10-11-15(12-18(13)22-14(2)25)19(26)23-17-9-7-6-8-16(17)20(27)24-21(3,4)5/h6-12H,1-5H3,(H,22,25)(H,23,26)(H,24,27). The van der Waals surface area contributed by atoms with Gasteiger partial charge in [-0.1, -0.05) is 18.2 Å². The number of benzene rings is 2. The lowest BCUT2D eigenvalue weighted by Gasteiger charge is -2.21. The van der Waals surface area contributed by atoms with Crippen LogP contribution < -0.4 is 16.0 Å². The van der Waals surface area contributed by atoms with Gasteiger partial charge >= 0.3 is 0 Å². The zero-order chi connectivity index (χ0) is 20.2. The van der Waals surface area contributed by atoms with E-state index in [0.717, 1.165) is 5.56 Å². The number of anilines is 2. The van der Waals surface area contributed by atoms with Crippen molar-refractivity contribution in [2.75, 3.05) is 10.6 Å². The number of nitrogens with one attached hydrogen (secondary N) is 3. The first kappa shape index (κ1) is 20.2. The molecular weight excluding hydrogens is 342 g/mol. The maximum absolute atomic E-state index is 12.7. The van der Waals surface area contributed by atoms with Crippen LogP contribution in [-0.4, -0.2) is 23.3 Å². The number of hydrogen-bond donors (Lipinski definition) is 3. The van der Waals surface area contributed by atoms with E-state index in [1.54, 1.807) is 42.5 Å². The van der Waals surface area contributed by atoms with E-state index in [4.69, 9.17) is 0 Å². The summed E-state index contributed by atoms with van der Waals surface area (Å²) in [5.74, 6) is -0.835. The van der Waals surface area contributed by atoms with Gasteiger partial charge in [-0.15, -0.1) is 0 Å². The molecule has 0 atom stereocenters. The van der Waals surface area contributed by atoms with E-state index < -0.39 is 5.54 Å². The highest BCUT2D eigenvalue weighted by molar-refractivity contribution is 6.09. The van der Waals surface area contributed by atoms with E-state index in [0.29, 0.717) is 22.5 Å². The molecule has 3 N–H and O–H groups in total. The van der Waals surface area contributed by atoms with Gasteiger partial charge in [-0.3, -0.25) is 14.4 Å². The lowest BCUT2D eigenvalue weighted by molar-refractivity contribution is -0.114. The van der Waals surface area contributed by atoms with Crippen LogP contribution in [0.5, 0.6) is 0 Å². The van der Waals surface area contributed by atoms with E-state index in [-0.39, 0.29) is 17.7 Å². The topological polar surface area (TPSA) is 87.3 Å². The second-order valence-electron chi connectivity index (χ2n) is 7.41. The average Bonchev–Trinajstić information content (AvgIpc) is 2.55. The summed E-state index contributed by atoms with van der Waals surface area (Å²) in [4.78, 5) is 36.5. The van der Waals surface area contributed by atoms with Crippen molar-refractivity contribution in [1.82, 2.24) is 5.32 Å². The van der Waals surface area contributed by atoms with Crippen LogP contribution in [0.15, 0.2) is 42.5 Å². The fourth-order valence-corrected chi connectivity index (χ4v) is 2.48. The molecule has 3 amide bonds. The van der Waals surface area contributed by atoms with Crippen molar-refractivity contribution in [3.8, 4) is 0 Å². The number of para-hydroxylation sites is 1. The molecule has 6 nitrogen and oxygen atoms in total. The van der Waals surface area contributed by atoms with Gasteiger partial charge in [0.1, 0.15) is 0 Å². The van der Waals surface area contributed by atoms with Crippen LogP contribution in [-0.2, 0) is 4.79 Å². The number of carbonyl (C=O) groups excluding carboxylic acids is 3. The molecule has 0 spiro atoms. The second-order valence-corrected chi connectivity index (χ2v) is 7.41. The molecule has 0 saturated heterocycles. The molecule has 0 saturated carbocycles. The Kier molecular flexibility index (Phi) is 6.00. The number of rotatable bonds is 4. The fraction of sp³-hybridized carbons (Fsp3) is 0.286. The minimum atomic E-state index is -0.390. The van der Waals surface area contributed by atoms with Crippen LogP contribution in [0.1, 0.15) is 54.0 Å². The Morgan fingerprint density at radius 3 is 2.15 bits per heavy atom. The van der Waals surface area contributed by atoms with Crippen LogP contribution in [0, 0.1) is 6.92 Å². The molecule has 0 aliphatic rings. The molecule has 0 heterocycles. The Morgan fingerprint density at radius 2 is 1.52 bits per heavy atom.